The van der Waals surface area contributed by atoms with Crippen LogP contribution in [0.3, 0.4) is 0 Å². The summed E-state index contributed by atoms with van der Waals surface area (Å²) >= 11 is 5.41. The zero-order chi connectivity index (χ0) is 13.2. The topological polar surface area (TPSA) is 36.9 Å². The molecule has 0 spiro atoms. The lowest BCUT2D eigenvalue weighted by Crippen LogP contribution is -2.21. The summed E-state index contributed by atoms with van der Waals surface area (Å²) in [6.07, 6.45) is 5.70. The molecule has 0 radical (unpaired) electrons. The number of hydrogen-bond acceptors (Lipinski definition) is 3. The average molecular weight is 276 g/mol. The fourth-order valence-corrected chi connectivity index (χ4v) is 3.12. The first-order valence-corrected chi connectivity index (χ1v) is 7.43. The number of nitrogens with one attached hydrogen (secondary N) is 1. The van der Waals surface area contributed by atoms with Gasteiger partial charge in [-0.1, -0.05) is 0 Å². The highest BCUT2D eigenvalue weighted by Gasteiger charge is 2.12. The van der Waals surface area contributed by atoms with Crippen molar-refractivity contribution in [1.82, 2.24) is 19.4 Å². The van der Waals surface area contributed by atoms with Crippen molar-refractivity contribution in [1.29, 1.82) is 0 Å². The van der Waals surface area contributed by atoms with Gasteiger partial charge in [-0.2, -0.15) is 0 Å². The van der Waals surface area contributed by atoms with Gasteiger partial charge in [0.25, 0.3) is 0 Å². The van der Waals surface area contributed by atoms with Gasteiger partial charge < -0.3 is 14.5 Å². The van der Waals surface area contributed by atoms with E-state index in [0.29, 0.717) is 0 Å². The molecule has 0 saturated carbocycles. The minimum Gasteiger partial charge on any atom is -0.329 e. The Morgan fingerprint density at radius 2 is 2.11 bits per heavy atom. The summed E-state index contributed by atoms with van der Waals surface area (Å²) in [5, 5.41) is 0. The molecule has 0 bridgehead atoms. The molecule has 0 aromatic carbocycles. The van der Waals surface area contributed by atoms with Crippen molar-refractivity contribution in [3.8, 4) is 0 Å². The van der Waals surface area contributed by atoms with Crippen LogP contribution < -0.4 is 0 Å². The molecule has 19 heavy (non-hydrogen) atoms. The van der Waals surface area contributed by atoms with Crippen molar-refractivity contribution in [2.75, 3.05) is 19.6 Å². The molecular weight excluding hydrogens is 256 g/mol. The lowest BCUT2D eigenvalue weighted by Gasteiger charge is -2.14. The third-order valence-corrected chi connectivity index (χ3v) is 4.25. The van der Waals surface area contributed by atoms with Crippen molar-refractivity contribution in [3.05, 3.63) is 22.6 Å². The third-order valence-electron chi connectivity index (χ3n) is 3.93. The van der Waals surface area contributed by atoms with Crippen LogP contribution in [0.2, 0.25) is 0 Å². The van der Waals surface area contributed by atoms with Gasteiger partial charge in [0, 0.05) is 12.7 Å². The minimum absolute atomic E-state index is 0.790. The maximum atomic E-state index is 5.41. The van der Waals surface area contributed by atoms with E-state index in [2.05, 4.69) is 26.4 Å². The van der Waals surface area contributed by atoms with Crippen LogP contribution in [0.4, 0.5) is 0 Å². The number of likely N-dealkylation sites (tertiary alicyclic amines) is 1. The predicted molar refractivity (Wildman–Crippen MR) is 79.9 cm³/mol. The summed E-state index contributed by atoms with van der Waals surface area (Å²) < 4.78 is 2.92. The van der Waals surface area contributed by atoms with Crippen molar-refractivity contribution in [3.63, 3.8) is 0 Å². The van der Waals surface area contributed by atoms with Gasteiger partial charge in [-0.15, -0.1) is 0 Å². The fourth-order valence-electron chi connectivity index (χ4n) is 2.84. The maximum Gasteiger partial charge on any atom is 0.179 e. The van der Waals surface area contributed by atoms with Gasteiger partial charge in [-0.25, -0.2) is 4.98 Å². The number of H-pyrrole nitrogens is 1. The molecule has 4 nitrogen and oxygen atoms in total. The summed E-state index contributed by atoms with van der Waals surface area (Å²) in [7, 11) is 0. The Morgan fingerprint density at radius 1 is 1.32 bits per heavy atom. The van der Waals surface area contributed by atoms with Crippen LogP contribution in [0.15, 0.2) is 12.3 Å². The van der Waals surface area contributed by atoms with Crippen molar-refractivity contribution in [2.24, 2.45) is 0 Å². The molecule has 1 aliphatic heterocycles. The van der Waals surface area contributed by atoms with Crippen molar-refractivity contribution in [2.45, 2.75) is 32.7 Å². The number of nitrogens with zero attached hydrogens (tertiary/aromatic N) is 3. The van der Waals surface area contributed by atoms with E-state index in [0.717, 1.165) is 28.9 Å². The van der Waals surface area contributed by atoms with E-state index >= 15 is 0 Å². The van der Waals surface area contributed by atoms with E-state index in [-0.39, 0.29) is 0 Å². The van der Waals surface area contributed by atoms with Crippen LogP contribution in [0, 0.1) is 11.7 Å². The van der Waals surface area contributed by atoms with E-state index in [1.54, 1.807) is 0 Å². The number of hydrogen-bond donors (Lipinski definition) is 1. The van der Waals surface area contributed by atoms with Gasteiger partial charge in [0.1, 0.15) is 0 Å². The first-order valence-electron chi connectivity index (χ1n) is 7.02. The minimum atomic E-state index is 0.790. The lowest BCUT2D eigenvalue weighted by atomic mass is 10.3. The summed E-state index contributed by atoms with van der Waals surface area (Å²) in [6.45, 7) is 6.73. The zero-order valence-electron chi connectivity index (χ0n) is 11.4. The summed E-state index contributed by atoms with van der Waals surface area (Å²) in [5.74, 6) is 0. The largest absolute Gasteiger partial charge is 0.329 e. The van der Waals surface area contributed by atoms with Gasteiger partial charge >= 0.3 is 0 Å². The van der Waals surface area contributed by atoms with Crippen LogP contribution in [-0.2, 0) is 6.54 Å². The molecule has 5 heteroatoms. The quantitative estimate of drug-likeness (QED) is 0.872. The van der Waals surface area contributed by atoms with Crippen LogP contribution in [-0.4, -0.2) is 39.1 Å². The van der Waals surface area contributed by atoms with Crippen LogP contribution in [0.5, 0.6) is 0 Å². The molecule has 1 saturated heterocycles. The molecule has 2 aromatic rings. The summed E-state index contributed by atoms with van der Waals surface area (Å²) in [5.41, 5.74) is 3.27. The zero-order valence-corrected chi connectivity index (χ0v) is 12.2. The molecule has 1 fully saturated rings. The molecule has 102 valence electrons. The number of aromatic amines is 1. The van der Waals surface area contributed by atoms with Gasteiger partial charge in [-0.3, -0.25) is 0 Å². The van der Waals surface area contributed by atoms with Gasteiger partial charge in [0.2, 0.25) is 0 Å². The Balaban J connectivity index is 1.75. The van der Waals surface area contributed by atoms with E-state index in [1.165, 1.54) is 38.0 Å². The van der Waals surface area contributed by atoms with Crippen molar-refractivity contribution < 1.29 is 0 Å². The number of imidazole rings is 1. The number of rotatable bonds is 4. The monoisotopic (exact) mass is 276 g/mol. The molecule has 0 aliphatic carbocycles. The van der Waals surface area contributed by atoms with Gasteiger partial charge in [0.05, 0.1) is 5.52 Å². The second-order valence-electron chi connectivity index (χ2n) is 5.31. The molecule has 1 N–H and O–H groups in total. The number of fused-ring (bicyclic) bond motifs is 1. The van der Waals surface area contributed by atoms with E-state index in [4.69, 9.17) is 12.2 Å². The first kappa shape index (κ1) is 12.8. The van der Waals surface area contributed by atoms with Gasteiger partial charge in [-0.05, 0) is 69.7 Å². The van der Waals surface area contributed by atoms with E-state index in [1.807, 2.05) is 12.3 Å². The average Bonchev–Trinajstić information content (AvgIpc) is 3.00. The fraction of sp³-hybridized carbons (Fsp3) is 0.571. The summed E-state index contributed by atoms with van der Waals surface area (Å²) in [4.78, 5) is 10.3. The number of pyridine rings is 1. The highest BCUT2D eigenvalue weighted by atomic mass is 32.1. The number of aromatic nitrogens is 3. The van der Waals surface area contributed by atoms with Crippen LogP contribution >= 0.6 is 12.2 Å². The predicted octanol–water partition coefficient (Wildman–Crippen LogP) is 2.89. The second kappa shape index (κ2) is 5.43. The lowest BCUT2D eigenvalue weighted by molar-refractivity contribution is 0.325. The van der Waals surface area contributed by atoms with Crippen LogP contribution in [0.25, 0.3) is 11.2 Å². The normalized spacial score (nSPS) is 16.5. The Bertz CT molecular complexity index is 622. The smallest absolute Gasteiger partial charge is 0.179 e. The van der Waals surface area contributed by atoms with E-state index in [9.17, 15) is 0 Å². The van der Waals surface area contributed by atoms with Gasteiger partial charge in [0.15, 0.2) is 10.4 Å². The number of aryl methyl sites for hydroxylation is 2. The molecule has 0 atom stereocenters. The molecule has 0 unspecified atom stereocenters. The highest BCUT2D eigenvalue weighted by molar-refractivity contribution is 7.71. The Morgan fingerprint density at radius 3 is 2.89 bits per heavy atom. The molecule has 2 aromatic heterocycles. The molecule has 1 aliphatic rings. The SMILES string of the molecule is Cc1ccnc2c1[nH]c(=S)n2CCCN1CCCC1. The molecule has 3 heterocycles. The standard InChI is InChI=1S/C14H20N4S/c1-11-5-6-15-13-12(11)16-14(19)18(13)10-4-9-17-7-2-3-8-17/h5-6H,2-4,7-10H2,1H3,(H,16,19). The molecule has 0 amide bonds. The third kappa shape index (κ3) is 2.58. The second-order valence-corrected chi connectivity index (χ2v) is 5.70. The van der Waals surface area contributed by atoms with E-state index < -0.39 is 0 Å². The highest BCUT2D eigenvalue weighted by Crippen LogP contribution is 2.16. The Labute approximate surface area is 118 Å². The maximum absolute atomic E-state index is 5.41. The summed E-state index contributed by atoms with van der Waals surface area (Å²) in [6, 6.07) is 2.02. The van der Waals surface area contributed by atoms with Crippen molar-refractivity contribution >= 4 is 23.4 Å². The first-order chi connectivity index (χ1) is 9.25. The Hall–Kier alpha value is -1.20. The molecular formula is C14H20N4S. The van der Waals surface area contributed by atoms with Crippen LogP contribution in [0.1, 0.15) is 24.8 Å². The Kier molecular flexibility index (Phi) is 3.66. The molecule has 3 rings (SSSR count).